The fraction of sp³-hybridized carbons (Fsp3) is 0.190. The van der Waals surface area contributed by atoms with Gasteiger partial charge in [0.2, 0.25) is 21.8 Å². The zero-order valence-corrected chi connectivity index (χ0v) is 21.8. The van der Waals surface area contributed by atoms with Crippen molar-refractivity contribution in [3.8, 4) is 0 Å². The maximum atomic E-state index is 13.1. The van der Waals surface area contributed by atoms with Gasteiger partial charge in [0, 0.05) is 21.4 Å². The molecule has 0 saturated carbocycles. The molecule has 5 N–H and O–H groups in total. The van der Waals surface area contributed by atoms with Crippen molar-refractivity contribution in [2.45, 2.75) is 27.6 Å². The summed E-state index contributed by atoms with van der Waals surface area (Å²) in [4.78, 5) is 64.8. The summed E-state index contributed by atoms with van der Waals surface area (Å²) in [5, 5.41) is 8.84. The van der Waals surface area contributed by atoms with Crippen LogP contribution in [0.1, 0.15) is 15.7 Å². The number of hydrogen-bond donors (Lipinski definition) is 3. The standard InChI is InChI=1S/C21H17N5O7S4/c22-20(30)26-17(28)14-13(11-2-1-7-34-11)16-19(35-15(14)18(26)29)25(21(31)36-16)8-12(27)24-9-3-5-10(6-4-9)37(23,32)33/h1-7,13-15H,8H2,(H2,22,30)(H,24,27)(H2,23,32,33)/t13-,14?,15?/m0/s1. The van der Waals surface area contributed by atoms with Gasteiger partial charge in [-0.1, -0.05) is 29.2 Å². The summed E-state index contributed by atoms with van der Waals surface area (Å²) in [5.41, 5.74) is 5.58. The molecule has 2 unspecified atom stereocenters. The fourth-order valence-electron chi connectivity index (χ4n) is 4.32. The third-order valence-corrected chi connectivity index (χ3v) is 10.4. The molecule has 192 valence electrons. The van der Waals surface area contributed by atoms with Crippen LogP contribution in [0.2, 0.25) is 0 Å². The predicted octanol–water partition coefficient (Wildman–Crippen LogP) is 0.927. The highest BCUT2D eigenvalue weighted by Gasteiger charge is 2.58. The molecule has 0 radical (unpaired) electrons. The van der Waals surface area contributed by atoms with E-state index in [2.05, 4.69) is 5.32 Å². The number of nitrogens with one attached hydrogen (secondary N) is 1. The van der Waals surface area contributed by atoms with Crippen LogP contribution in [0.25, 0.3) is 0 Å². The number of carbonyl (C=O) groups is 4. The summed E-state index contributed by atoms with van der Waals surface area (Å²) < 4.78 is 24.1. The molecule has 0 bridgehead atoms. The number of nitrogens with two attached hydrogens (primary N) is 2. The van der Waals surface area contributed by atoms with E-state index in [4.69, 9.17) is 10.9 Å². The van der Waals surface area contributed by atoms with E-state index < -0.39 is 62.3 Å². The van der Waals surface area contributed by atoms with Crippen LogP contribution in [-0.2, 0) is 31.0 Å². The number of aromatic nitrogens is 1. The summed E-state index contributed by atoms with van der Waals surface area (Å²) in [6.45, 7) is -0.398. The van der Waals surface area contributed by atoms with E-state index in [0.717, 1.165) is 28.0 Å². The van der Waals surface area contributed by atoms with Crippen molar-refractivity contribution in [2.75, 3.05) is 5.32 Å². The molecule has 2 aliphatic rings. The number of hydrogen-bond acceptors (Lipinski definition) is 10. The highest BCUT2D eigenvalue weighted by Crippen LogP contribution is 2.53. The first kappa shape index (κ1) is 25.3. The van der Waals surface area contributed by atoms with Crippen molar-refractivity contribution in [1.29, 1.82) is 0 Å². The summed E-state index contributed by atoms with van der Waals surface area (Å²) in [6, 6.07) is 7.58. The van der Waals surface area contributed by atoms with Gasteiger partial charge in [0.1, 0.15) is 11.8 Å². The minimum atomic E-state index is -3.90. The lowest BCUT2D eigenvalue weighted by molar-refractivity contribution is -0.135. The minimum Gasteiger partial charge on any atom is -0.351 e. The van der Waals surface area contributed by atoms with Crippen LogP contribution in [-0.4, -0.2) is 46.9 Å². The Hall–Kier alpha value is -3.31. The molecular formula is C21H17N5O7S4. The van der Waals surface area contributed by atoms with Crippen molar-refractivity contribution in [3.63, 3.8) is 0 Å². The number of benzene rings is 1. The second-order valence-corrected chi connectivity index (χ2v) is 12.8. The number of carbonyl (C=O) groups excluding carboxylic acids is 4. The van der Waals surface area contributed by atoms with Crippen molar-refractivity contribution in [1.82, 2.24) is 9.47 Å². The number of anilines is 1. The maximum Gasteiger partial charge on any atom is 0.328 e. The number of fused-ring (bicyclic) bond motifs is 2. The van der Waals surface area contributed by atoms with E-state index in [0.29, 0.717) is 14.8 Å². The average molecular weight is 580 g/mol. The molecule has 1 fully saturated rings. The van der Waals surface area contributed by atoms with Gasteiger partial charge in [0.15, 0.2) is 0 Å². The van der Waals surface area contributed by atoms with Crippen LogP contribution in [0.3, 0.4) is 0 Å². The molecule has 5 amide bonds. The second kappa shape index (κ2) is 9.21. The lowest BCUT2D eigenvalue weighted by Crippen LogP contribution is -2.41. The predicted molar refractivity (Wildman–Crippen MR) is 136 cm³/mol. The largest absolute Gasteiger partial charge is 0.351 e. The van der Waals surface area contributed by atoms with E-state index >= 15 is 0 Å². The van der Waals surface area contributed by atoms with E-state index in [1.807, 2.05) is 0 Å². The number of nitrogens with zero attached hydrogens (tertiary/aromatic N) is 2. The van der Waals surface area contributed by atoms with Crippen LogP contribution >= 0.6 is 34.4 Å². The minimum absolute atomic E-state index is 0.125. The number of primary amides is 1. The summed E-state index contributed by atoms with van der Waals surface area (Å²) in [6.07, 6.45) is 0. The lowest BCUT2D eigenvalue weighted by atomic mass is 9.87. The first-order valence-electron chi connectivity index (χ1n) is 10.5. The molecule has 4 heterocycles. The van der Waals surface area contributed by atoms with Crippen LogP contribution < -0.4 is 21.1 Å². The highest BCUT2D eigenvalue weighted by atomic mass is 32.2. The molecule has 2 aliphatic heterocycles. The highest BCUT2D eigenvalue weighted by molar-refractivity contribution is 8.00. The van der Waals surface area contributed by atoms with E-state index in [1.165, 1.54) is 40.2 Å². The number of thiazole rings is 1. The molecule has 3 atom stereocenters. The van der Waals surface area contributed by atoms with Crippen molar-refractivity contribution in [2.24, 2.45) is 16.8 Å². The van der Waals surface area contributed by atoms with Crippen LogP contribution in [0.5, 0.6) is 0 Å². The van der Waals surface area contributed by atoms with Crippen LogP contribution in [0, 0.1) is 5.92 Å². The zero-order valence-electron chi connectivity index (χ0n) is 18.5. The number of rotatable bonds is 5. The monoisotopic (exact) mass is 579 g/mol. The molecule has 0 aliphatic carbocycles. The number of thiophene rings is 1. The number of urea groups is 1. The SMILES string of the molecule is NC(=O)N1C(=O)C2Sc3c(sc(=O)n3CC(=O)Nc3ccc(S(N)(=O)=O)cc3)[C@@H](c3cccs3)C2C1=O. The lowest BCUT2D eigenvalue weighted by Gasteiger charge is -2.29. The van der Waals surface area contributed by atoms with Crippen molar-refractivity contribution in [3.05, 3.63) is 61.2 Å². The molecular weight excluding hydrogens is 563 g/mol. The average Bonchev–Trinajstić information content (AvgIpc) is 3.51. The van der Waals surface area contributed by atoms with Gasteiger partial charge in [0.05, 0.1) is 15.8 Å². The third-order valence-electron chi connectivity index (χ3n) is 5.89. The van der Waals surface area contributed by atoms with Gasteiger partial charge >= 0.3 is 10.9 Å². The molecule has 2 aromatic heterocycles. The van der Waals surface area contributed by atoms with E-state index in [1.54, 1.807) is 17.5 Å². The Morgan fingerprint density at radius 2 is 1.76 bits per heavy atom. The Balaban J connectivity index is 1.48. The Labute approximate surface area is 221 Å². The van der Waals surface area contributed by atoms with Gasteiger partial charge < -0.3 is 11.1 Å². The third kappa shape index (κ3) is 4.40. The quantitative estimate of drug-likeness (QED) is 0.372. The van der Waals surface area contributed by atoms with Crippen molar-refractivity contribution < 1.29 is 27.6 Å². The van der Waals surface area contributed by atoms with Crippen molar-refractivity contribution >= 4 is 73.9 Å². The molecule has 37 heavy (non-hydrogen) atoms. The van der Waals surface area contributed by atoms with Gasteiger partial charge in [-0.15, -0.1) is 11.3 Å². The van der Waals surface area contributed by atoms with E-state index in [-0.39, 0.29) is 10.6 Å². The maximum absolute atomic E-state index is 13.1. The molecule has 12 nitrogen and oxygen atoms in total. The number of amides is 5. The summed E-state index contributed by atoms with van der Waals surface area (Å²) >= 11 is 3.18. The summed E-state index contributed by atoms with van der Waals surface area (Å²) in [7, 11) is -3.90. The summed E-state index contributed by atoms with van der Waals surface area (Å²) in [5.74, 6) is -3.63. The van der Waals surface area contributed by atoms with Gasteiger partial charge in [0.25, 0.3) is 5.91 Å². The molecule has 1 saturated heterocycles. The van der Waals surface area contributed by atoms with Crippen LogP contribution in [0.4, 0.5) is 10.5 Å². The molecule has 5 rings (SSSR count). The molecule has 3 aromatic rings. The Morgan fingerprint density at radius 1 is 1.05 bits per heavy atom. The number of thioether (sulfide) groups is 1. The number of sulfonamides is 1. The number of primary sulfonamides is 1. The number of imide groups is 3. The van der Waals surface area contributed by atoms with Gasteiger partial charge in [-0.3, -0.25) is 23.7 Å². The Bertz CT molecular complexity index is 1610. The van der Waals surface area contributed by atoms with Crippen LogP contribution in [0.15, 0.2) is 56.5 Å². The first-order chi connectivity index (χ1) is 17.5. The van der Waals surface area contributed by atoms with E-state index in [9.17, 15) is 32.4 Å². The van der Waals surface area contributed by atoms with Gasteiger partial charge in [-0.05, 0) is 35.7 Å². The Morgan fingerprint density at radius 3 is 2.35 bits per heavy atom. The Kier molecular flexibility index (Phi) is 6.31. The normalized spacial score (nSPS) is 21.0. The molecule has 0 spiro atoms. The number of likely N-dealkylation sites (tertiary alicyclic amines) is 1. The zero-order chi connectivity index (χ0) is 26.6. The topological polar surface area (TPSA) is 192 Å². The first-order valence-corrected chi connectivity index (χ1v) is 14.6. The van der Waals surface area contributed by atoms with Gasteiger partial charge in [-0.25, -0.2) is 18.4 Å². The fourth-order valence-corrected chi connectivity index (χ4v) is 8.56. The second-order valence-electron chi connectivity index (χ2n) is 8.15. The molecule has 16 heteroatoms. The smallest absolute Gasteiger partial charge is 0.328 e. The molecule has 1 aromatic carbocycles. The van der Waals surface area contributed by atoms with Gasteiger partial charge in [-0.2, -0.15) is 4.90 Å².